The quantitative estimate of drug-likeness (QED) is 0.439. The van der Waals surface area contributed by atoms with E-state index in [1.54, 1.807) is 12.1 Å². The molecule has 3 heteroatoms. The molecule has 0 aliphatic rings. The number of carbonyl (C=O) groups excluding carboxylic acids is 1. The SMILES string of the molecule is CC(C)c1ccccc1OCC(=O)Oc1ccc(-c2ccccc2)cc1. The molecule has 0 fully saturated rings. The molecule has 0 N–H and O–H groups in total. The summed E-state index contributed by atoms with van der Waals surface area (Å²) in [4.78, 5) is 12.1. The van der Waals surface area contributed by atoms with Crippen LogP contribution >= 0.6 is 0 Å². The summed E-state index contributed by atoms with van der Waals surface area (Å²) in [5, 5.41) is 0. The van der Waals surface area contributed by atoms with Gasteiger partial charge < -0.3 is 9.47 Å². The van der Waals surface area contributed by atoms with Crippen LogP contribution in [0.25, 0.3) is 11.1 Å². The van der Waals surface area contributed by atoms with Gasteiger partial charge in [-0.2, -0.15) is 0 Å². The van der Waals surface area contributed by atoms with Crippen LogP contribution in [0.2, 0.25) is 0 Å². The number of hydrogen-bond acceptors (Lipinski definition) is 3. The van der Waals surface area contributed by atoms with Crippen molar-refractivity contribution in [3.8, 4) is 22.6 Å². The van der Waals surface area contributed by atoms with Crippen molar-refractivity contribution in [3.63, 3.8) is 0 Å². The molecule has 0 aliphatic carbocycles. The van der Waals surface area contributed by atoms with Crippen LogP contribution in [-0.4, -0.2) is 12.6 Å². The van der Waals surface area contributed by atoms with E-state index in [0.29, 0.717) is 11.7 Å². The molecule has 0 unspecified atom stereocenters. The van der Waals surface area contributed by atoms with Gasteiger partial charge in [-0.15, -0.1) is 0 Å². The normalized spacial score (nSPS) is 10.6. The molecule has 3 nitrogen and oxygen atoms in total. The zero-order valence-corrected chi connectivity index (χ0v) is 15.0. The molecule has 3 aromatic rings. The lowest BCUT2D eigenvalue weighted by Gasteiger charge is -2.13. The topological polar surface area (TPSA) is 35.5 Å². The molecule has 0 bridgehead atoms. The summed E-state index contributed by atoms with van der Waals surface area (Å²) in [7, 11) is 0. The highest BCUT2D eigenvalue weighted by molar-refractivity contribution is 5.74. The van der Waals surface area contributed by atoms with E-state index in [1.165, 1.54) is 0 Å². The third kappa shape index (κ3) is 4.51. The van der Waals surface area contributed by atoms with Gasteiger partial charge in [0.05, 0.1) is 0 Å². The average molecular weight is 346 g/mol. The Kier molecular flexibility index (Phi) is 5.69. The minimum Gasteiger partial charge on any atom is -0.482 e. The summed E-state index contributed by atoms with van der Waals surface area (Å²) >= 11 is 0. The Hall–Kier alpha value is -3.07. The smallest absolute Gasteiger partial charge is 0.349 e. The van der Waals surface area contributed by atoms with Crippen molar-refractivity contribution in [2.45, 2.75) is 19.8 Å². The van der Waals surface area contributed by atoms with Crippen LogP contribution in [-0.2, 0) is 4.79 Å². The fourth-order valence-electron chi connectivity index (χ4n) is 2.73. The van der Waals surface area contributed by atoms with Gasteiger partial charge in [-0.3, -0.25) is 0 Å². The largest absolute Gasteiger partial charge is 0.482 e. The Labute approximate surface area is 154 Å². The van der Waals surface area contributed by atoms with Crippen molar-refractivity contribution in [1.82, 2.24) is 0 Å². The molecule has 3 rings (SSSR count). The van der Waals surface area contributed by atoms with Crippen LogP contribution in [0.4, 0.5) is 0 Å². The molecule has 132 valence electrons. The van der Waals surface area contributed by atoms with E-state index in [0.717, 1.165) is 22.4 Å². The summed E-state index contributed by atoms with van der Waals surface area (Å²) in [6.45, 7) is 4.06. The summed E-state index contributed by atoms with van der Waals surface area (Å²) in [5.74, 6) is 1.14. The van der Waals surface area contributed by atoms with Gasteiger partial charge in [-0.05, 0) is 40.8 Å². The first-order valence-corrected chi connectivity index (χ1v) is 8.71. The maximum absolute atomic E-state index is 12.1. The number of rotatable bonds is 6. The molecule has 0 saturated carbocycles. The second-order valence-corrected chi connectivity index (χ2v) is 6.35. The first-order chi connectivity index (χ1) is 12.6. The van der Waals surface area contributed by atoms with Crippen molar-refractivity contribution in [2.75, 3.05) is 6.61 Å². The highest BCUT2D eigenvalue weighted by Gasteiger charge is 2.11. The zero-order valence-electron chi connectivity index (χ0n) is 15.0. The Morgan fingerprint density at radius 1 is 0.808 bits per heavy atom. The number of hydrogen-bond donors (Lipinski definition) is 0. The molecule has 0 heterocycles. The van der Waals surface area contributed by atoms with Gasteiger partial charge in [0, 0.05) is 0 Å². The lowest BCUT2D eigenvalue weighted by molar-refractivity contribution is -0.136. The van der Waals surface area contributed by atoms with Crippen LogP contribution in [0.1, 0.15) is 25.3 Å². The van der Waals surface area contributed by atoms with Crippen LogP contribution in [0.15, 0.2) is 78.9 Å². The fourth-order valence-corrected chi connectivity index (χ4v) is 2.73. The van der Waals surface area contributed by atoms with Crippen molar-refractivity contribution >= 4 is 5.97 Å². The highest BCUT2D eigenvalue weighted by atomic mass is 16.6. The van der Waals surface area contributed by atoms with Crippen LogP contribution < -0.4 is 9.47 Å². The summed E-state index contributed by atoms with van der Waals surface area (Å²) in [6, 6.07) is 25.3. The second-order valence-electron chi connectivity index (χ2n) is 6.35. The molecule has 0 aliphatic heterocycles. The summed E-state index contributed by atoms with van der Waals surface area (Å²) < 4.78 is 11.0. The lowest BCUT2D eigenvalue weighted by atomic mass is 10.0. The lowest BCUT2D eigenvalue weighted by Crippen LogP contribution is -2.18. The predicted molar refractivity (Wildman–Crippen MR) is 104 cm³/mol. The zero-order chi connectivity index (χ0) is 18.4. The average Bonchev–Trinajstić information content (AvgIpc) is 2.68. The molecule has 0 atom stereocenters. The number of benzene rings is 3. The van der Waals surface area contributed by atoms with E-state index in [1.807, 2.05) is 66.7 Å². The van der Waals surface area contributed by atoms with E-state index < -0.39 is 5.97 Å². The maximum Gasteiger partial charge on any atom is 0.349 e. The third-order valence-corrected chi connectivity index (χ3v) is 4.08. The van der Waals surface area contributed by atoms with Crippen molar-refractivity contribution in [2.24, 2.45) is 0 Å². The van der Waals surface area contributed by atoms with Crippen molar-refractivity contribution in [3.05, 3.63) is 84.4 Å². The van der Waals surface area contributed by atoms with Gasteiger partial charge in [-0.25, -0.2) is 4.79 Å². The predicted octanol–water partition coefficient (Wildman–Crippen LogP) is 5.46. The number of para-hydroxylation sites is 1. The molecular weight excluding hydrogens is 324 g/mol. The van der Waals surface area contributed by atoms with Crippen LogP contribution in [0.3, 0.4) is 0 Å². The molecule has 0 spiro atoms. The van der Waals surface area contributed by atoms with E-state index >= 15 is 0 Å². The molecular formula is C23H22O3. The Bertz CT molecular complexity index is 852. The molecule has 26 heavy (non-hydrogen) atoms. The maximum atomic E-state index is 12.1. The van der Waals surface area contributed by atoms with Gasteiger partial charge in [0.25, 0.3) is 0 Å². The Morgan fingerprint density at radius 2 is 1.42 bits per heavy atom. The molecule has 0 saturated heterocycles. The minimum atomic E-state index is -0.420. The number of esters is 1. The van der Waals surface area contributed by atoms with E-state index in [2.05, 4.69) is 13.8 Å². The van der Waals surface area contributed by atoms with E-state index in [4.69, 9.17) is 9.47 Å². The van der Waals surface area contributed by atoms with E-state index in [9.17, 15) is 4.79 Å². The summed E-state index contributed by atoms with van der Waals surface area (Å²) in [6.07, 6.45) is 0. The fraction of sp³-hybridized carbons (Fsp3) is 0.174. The first-order valence-electron chi connectivity index (χ1n) is 8.71. The number of carbonyl (C=O) groups is 1. The molecule has 0 aromatic heterocycles. The van der Waals surface area contributed by atoms with Gasteiger partial charge in [0.2, 0.25) is 0 Å². The van der Waals surface area contributed by atoms with Gasteiger partial charge >= 0.3 is 5.97 Å². The van der Waals surface area contributed by atoms with Gasteiger partial charge in [0.1, 0.15) is 11.5 Å². The Balaban J connectivity index is 1.59. The molecule has 3 aromatic carbocycles. The van der Waals surface area contributed by atoms with Gasteiger partial charge in [0.15, 0.2) is 6.61 Å². The van der Waals surface area contributed by atoms with E-state index in [-0.39, 0.29) is 6.61 Å². The van der Waals surface area contributed by atoms with Gasteiger partial charge in [-0.1, -0.05) is 74.5 Å². The molecule has 0 amide bonds. The molecule has 0 radical (unpaired) electrons. The second kappa shape index (κ2) is 8.34. The van der Waals surface area contributed by atoms with Crippen LogP contribution in [0, 0.1) is 0 Å². The van der Waals surface area contributed by atoms with Crippen molar-refractivity contribution < 1.29 is 14.3 Å². The monoisotopic (exact) mass is 346 g/mol. The van der Waals surface area contributed by atoms with Crippen molar-refractivity contribution in [1.29, 1.82) is 0 Å². The Morgan fingerprint density at radius 3 is 2.12 bits per heavy atom. The standard InChI is InChI=1S/C23H22O3/c1-17(2)21-10-6-7-11-22(21)25-16-23(24)26-20-14-12-19(13-15-20)18-8-4-3-5-9-18/h3-15,17H,16H2,1-2H3. The highest BCUT2D eigenvalue weighted by Crippen LogP contribution is 2.26. The first kappa shape index (κ1) is 17.7. The third-order valence-electron chi connectivity index (χ3n) is 4.08. The number of ether oxygens (including phenoxy) is 2. The minimum absolute atomic E-state index is 0.121. The van der Waals surface area contributed by atoms with Crippen LogP contribution in [0.5, 0.6) is 11.5 Å². The summed E-state index contributed by atoms with van der Waals surface area (Å²) in [5.41, 5.74) is 3.28.